The van der Waals surface area contributed by atoms with Gasteiger partial charge < -0.3 is 14.4 Å². The average Bonchev–Trinajstić information content (AvgIpc) is 2.79. The van der Waals surface area contributed by atoms with Gasteiger partial charge in [0.2, 0.25) is 16.1 Å². The Labute approximate surface area is 135 Å². The molecule has 0 unspecified atom stereocenters. The first-order valence-corrected chi connectivity index (χ1v) is 9.42. The molecule has 0 aliphatic carbocycles. The number of para-hydroxylation sites is 2. The Kier molecular flexibility index (Phi) is 4.45. The monoisotopic (exact) mass is 340 g/mol. The summed E-state index contributed by atoms with van der Waals surface area (Å²) in [4.78, 5) is 14.3. The number of carbonyl (C=O) groups is 1. The fourth-order valence-corrected chi connectivity index (χ4v) is 3.66. The summed E-state index contributed by atoms with van der Waals surface area (Å²) in [5, 5.41) is 0. The number of carbonyl (C=O) groups excluding carboxylic acids is 1. The number of ether oxygens (including phenoxy) is 2. The predicted molar refractivity (Wildman–Crippen MR) is 84.0 cm³/mol. The van der Waals surface area contributed by atoms with Crippen LogP contribution >= 0.6 is 0 Å². The summed E-state index contributed by atoms with van der Waals surface area (Å²) in [6.45, 7) is 1.81. The molecule has 2 aliphatic heterocycles. The molecule has 1 aromatic carbocycles. The molecule has 0 bridgehead atoms. The maximum absolute atomic E-state index is 12.6. The number of benzene rings is 1. The van der Waals surface area contributed by atoms with Crippen molar-refractivity contribution in [2.75, 3.05) is 39.0 Å². The lowest BCUT2D eigenvalue weighted by molar-refractivity contribution is -0.141. The summed E-state index contributed by atoms with van der Waals surface area (Å²) in [5.74, 6) is 1.04. The van der Waals surface area contributed by atoms with Gasteiger partial charge in [0.15, 0.2) is 11.5 Å². The normalized spacial score (nSPS) is 22.5. The number of nitrogens with zero attached hydrogens (tertiary/aromatic N) is 2. The quantitative estimate of drug-likeness (QED) is 0.775. The van der Waals surface area contributed by atoms with Gasteiger partial charge in [-0.1, -0.05) is 12.1 Å². The molecule has 0 saturated carbocycles. The number of hydrogen-bond donors (Lipinski definition) is 0. The number of hydrogen-bond acceptors (Lipinski definition) is 5. The molecule has 2 heterocycles. The van der Waals surface area contributed by atoms with E-state index in [0.29, 0.717) is 44.1 Å². The Morgan fingerprint density at radius 1 is 1.13 bits per heavy atom. The van der Waals surface area contributed by atoms with Crippen LogP contribution in [0.3, 0.4) is 0 Å². The van der Waals surface area contributed by atoms with Crippen LogP contribution in [0, 0.1) is 0 Å². The molecule has 3 rings (SSSR count). The zero-order valence-corrected chi connectivity index (χ0v) is 13.8. The van der Waals surface area contributed by atoms with Gasteiger partial charge >= 0.3 is 0 Å². The van der Waals surface area contributed by atoms with Crippen LogP contribution in [0.4, 0.5) is 0 Å². The maximum Gasteiger partial charge on any atom is 0.267 e. The molecular formula is C15H20N2O5S. The molecule has 1 amide bonds. The average molecular weight is 340 g/mol. The van der Waals surface area contributed by atoms with Crippen molar-refractivity contribution in [1.29, 1.82) is 0 Å². The molecule has 23 heavy (non-hydrogen) atoms. The van der Waals surface area contributed by atoms with Crippen molar-refractivity contribution < 1.29 is 22.7 Å². The van der Waals surface area contributed by atoms with Crippen molar-refractivity contribution in [3.05, 3.63) is 24.3 Å². The molecule has 2 aliphatic rings. The van der Waals surface area contributed by atoms with Crippen LogP contribution in [0.1, 0.15) is 6.42 Å². The van der Waals surface area contributed by atoms with Gasteiger partial charge in [0, 0.05) is 26.2 Å². The number of sulfonamides is 1. The Morgan fingerprint density at radius 2 is 1.87 bits per heavy atom. The van der Waals surface area contributed by atoms with Crippen LogP contribution < -0.4 is 9.47 Å². The molecule has 1 fully saturated rings. The zero-order valence-electron chi connectivity index (χ0n) is 13.0. The fraction of sp³-hybridized carbons (Fsp3) is 0.533. The van der Waals surface area contributed by atoms with Gasteiger partial charge in [0.05, 0.1) is 6.26 Å². The third kappa shape index (κ3) is 3.59. The van der Waals surface area contributed by atoms with Gasteiger partial charge in [-0.05, 0) is 18.6 Å². The van der Waals surface area contributed by atoms with Crippen LogP contribution in [0.5, 0.6) is 11.5 Å². The van der Waals surface area contributed by atoms with Crippen LogP contribution in [0.2, 0.25) is 0 Å². The molecule has 126 valence electrons. The lowest BCUT2D eigenvalue weighted by Crippen LogP contribution is -2.47. The first-order valence-electron chi connectivity index (χ1n) is 7.57. The minimum atomic E-state index is -3.22. The van der Waals surface area contributed by atoms with Crippen LogP contribution in [-0.4, -0.2) is 68.7 Å². The van der Waals surface area contributed by atoms with Crippen LogP contribution in [0.15, 0.2) is 24.3 Å². The summed E-state index contributed by atoms with van der Waals surface area (Å²) >= 11 is 0. The molecule has 7 nitrogen and oxygen atoms in total. The topological polar surface area (TPSA) is 76.2 Å². The second-order valence-corrected chi connectivity index (χ2v) is 7.69. The van der Waals surface area contributed by atoms with Gasteiger partial charge in [-0.2, -0.15) is 0 Å². The Morgan fingerprint density at radius 3 is 2.61 bits per heavy atom. The van der Waals surface area contributed by atoms with Gasteiger partial charge in [-0.3, -0.25) is 4.79 Å². The van der Waals surface area contributed by atoms with E-state index in [1.54, 1.807) is 17.0 Å². The van der Waals surface area contributed by atoms with E-state index in [1.165, 1.54) is 10.6 Å². The molecule has 0 spiro atoms. The Balaban J connectivity index is 1.65. The molecule has 8 heteroatoms. The maximum atomic E-state index is 12.6. The predicted octanol–water partition coefficient (Wildman–Crippen LogP) is 0.320. The van der Waals surface area contributed by atoms with E-state index >= 15 is 0 Å². The van der Waals surface area contributed by atoms with E-state index < -0.39 is 16.1 Å². The minimum Gasteiger partial charge on any atom is -0.485 e. The second-order valence-electron chi connectivity index (χ2n) is 5.71. The first-order chi connectivity index (χ1) is 10.9. The molecule has 0 N–H and O–H groups in total. The van der Waals surface area contributed by atoms with Gasteiger partial charge in [-0.25, -0.2) is 12.7 Å². The SMILES string of the molecule is CS(=O)(=O)N1CCCN(C(=O)[C@H]2COc3ccccc3O2)CC1. The lowest BCUT2D eigenvalue weighted by Gasteiger charge is -2.30. The van der Waals surface area contributed by atoms with E-state index in [4.69, 9.17) is 9.47 Å². The number of fused-ring (bicyclic) bond motifs is 1. The number of rotatable bonds is 2. The third-order valence-electron chi connectivity index (χ3n) is 4.02. The van der Waals surface area contributed by atoms with Gasteiger partial charge in [0.1, 0.15) is 6.61 Å². The molecule has 1 saturated heterocycles. The van der Waals surface area contributed by atoms with E-state index in [1.807, 2.05) is 12.1 Å². The fourth-order valence-electron chi connectivity index (χ4n) is 2.79. The molecule has 1 aromatic rings. The summed E-state index contributed by atoms with van der Waals surface area (Å²) in [7, 11) is -3.22. The van der Waals surface area contributed by atoms with Crippen molar-refractivity contribution in [1.82, 2.24) is 9.21 Å². The molecule has 1 atom stereocenters. The van der Waals surface area contributed by atoms with Crippen molar-refractivity contribution >= 4 is 15.9 Å². The molecule has 0 aromatic heterocycles. The highest BCUT2D eigenvalue weighted by Gasteiger charge is 2.32. The van der Waals surface area contributed by atoms with E-state index in [0.717, 1.165) is 0 Å². The summed E-state index contributed by atoms with van der Waals surface area (Å²) in [6.07, 6.45) is 1.12. The summed E-state index contributed by atoms with van der Waals surface area (Å²) < 4.78 is 36.0. The highest BCUT2D eigenvalue weighted by molar-refractivity contribution is 7.88. The van der Waals surface area contributed by atoms with E-state index in [9.17, 15) is 13.2 Å². The van der Waals surface area contributed by atoms with E-state index in [2.05, 4.69) is 0 Å². The van der Waals surface area contributed by atoms with Crippen molar-refractivity contribution in [3.8, 4) is 11.5 Å². The van der Waals surface area contributed by atoms with Crippen LogP contribution in [-0.2, 0) is 14.8 Å². The minimum absolute atomic E-state index is 0.158. The Bertz CT molecular complexity index is 691. The third-order valence-corrected chi connectivity index (χ3v) is 5.32. The second kappa shape index (κ2) is 6.37. The van der Waals surface area contributed by atoms with Crippen LogP contribution in [0.25, 0.3) is 0 Å². The zero-order chi connectivity index (χ0) is 16.4. The first kappa shape index (κ1) is 16.1. The van der Waals surface area contributed by atoms with Crippen molar-refractivity contribution in [2.24, 2.45) is 0 Å². The highest BCUT2D eigenvalue weighted by atomic mass is 32.2. The summed E-state index contributed by atoms with van der Waals surface area (Å²) in [5.41, 5.74) is 0. The number of amides is 1. The molecule has 0 radical (unpaired) electrons. The standard InChI is InChI=1S/C15H20N2O5S/c1-23(19,20)17-8-4-7-16(9-10-17)15(18)14-11-21-12-5-2-3-6-13(12)22-14/h2-3,5-6,14H,4,7-11H2,1H3/t14-/m1/s1. The lowest BCUT2D eigenvalue weighted by atomic mass is 10.2. The van der Waals surface area contributed by atoms with Gasteiger partial charge in [0.25, 0.3) is 5.91 Å². The smallest absolute Gasteiger partial charge is 0.267 e. The van der Waals surface area contributed by atoms with Gasteiger partial charge in [-0.15, -0.1) is 0 Å². The van der Waals surface area contributed by atoms with E-state index in [-0.39, 0.29) is 12.5 Å². The van der Waals surface area contributed by atoms with Crippen molar-refractivity contribution in [3.63, 3.8) is 0 Å². The molecular weight excluding hydrogens is 320 g/mol. The summed E-state index contributed by atoms with van der Waals surface area (Å²) in [6, 6.07) is 7.23. The highest BCUT2D eigenvalue weighted by Crippen LogP contribution is 2.31. The van der Waals surface area contributed by atoms with Crippen molar-refractivity contribution in [2.45, 2.75) is 12.5 Å². The largest absolute Gasteiger partial charge is 0.485 e. The Hall–Kier alpha value is -1.80.